The highest BCUT2D eigenvalue weighted by molar-refractivity contribution is 7.89. The highest BCUT2D eigenvalue weighted by atomic mass is 32.2. The Morgan fingerprint density at radius 2 is 1.77 bits per heavy atom. The van der Waals surface area contributed by atoms with Crippen LogP contribution in [0.1, 0.15) is 56.8 Å². The molecule has 0 aromatic heterocycles. The Morgan fingerprint density at radius 3 is 2.42 bits per heavy atom. The molecule has 168 valence electrons. The van der Waals surface area contributed by atoms with Crippen molar-refractivity contribution in [1.82, 2.24) is 4.72 Å². The van der Waals surface area contributed by atoms with E-state index in [0.29, 0.717) is 11.4 Å². The Kier molecular flexibility index (Phi) is 6.91. The Bertz CT molecular complexity index is 1040. The number of sulfonamides is 1. The van der Waals surface area contributed by atoms with Gasteiger partial charge in [-0.15, -0.1) is 0 Å². The predicted octanol–water partition coefficient (Wildman–Crippen LogP) is 4.35. The molecule has 3 rings (SSSR count). The SMILES string of the molecule is COc1ccc(C(=O)Nc2cccc(OC3CCCC3)c2)cc1S(=O)(=O)NC(C)(C)C. The molecule has 1 amide bonds. The molecule has 1 fully saturated rings. The molecular formula is C23H30N2O5S. The molecule has 2 aromatic rings. The monoisotopic (exact) mass is 446 g/mol. The lowest BCUT2D eigenvalue weighted by atomic mass is 10.1. The van der Waals surface area contributed by atoms with Crippen molar-refractivity contribution in [3.63, 3.8) is 0 Å². The van der Waals surface area contributed by atoms with E-state index in [-0.39, 0.29) is 22.3 Å². The van der Waals surface area contributed by atoms with Gasteiger partial charge in [-0.25, -0.2) is 13.1 Å². The van der Waals surface area contributed by atoms with E-state index in [2.05, 4.69) is 10.0 Å². The van der Waals surface area contributed by atoms with Gasteiger partial charge in [0.15, 0.2) is 0 Å². The molecule has 1 saturated carbocycles. The van der Waals surface area contributed by atoms with Crippen molar-refractivity contribution in [2.45, 2.75) is 63.0 Å². The number of amides is 1. The normalized spacial score (nSPS) is 15.0. The Hall–Kier alpha value is -2.58. The molecule has 7 nitrogen and oxygen atoms in total. The summed E-state index contributed by atoms with van der Waals surface area (Å²) in [5, 5.41) is 2.81. The highest BCUT2D eigenvalue weighted by Crippen LogP contribution is 2.28. The second-order valence-corrected chi connectivity index (χ2v) is 10.4. The number of ether oxygens (including phenoxy) is 2. The molecule has 8 heteroatoms. The summed E-state index contributed by atoms with van der Waals surface area (Å²) in [6, 6.07) is 11.6. The number of rotatable bonds is 7. The van der Waals surface area contributed by atoms with E-state index in [1.807, 2.05) is 12.1 Å². The highest BCUT2D eigenvalue weighted by Gasteiger charge is 2.26. The molecule has 0 radical (unpaired) electrons. The van der Waals surface area contributed by atoms with E-state index in [9.17, 15) is 13.2 Å². The van der Waals surface area contributed by atoms with Gasteiger partial charge in [-0.2, -0.15) is 0 Å². The largest absolute Gasteiger partial charge is 0.495 e. The van der Waals surface area contributed by atoms with Crippen molar-refractivity contribution < 1.29 is 22.7 Å². The number of carbonyl (C=O) groups excluding carboxylic acids is 1. The van der Waals surface area contributed by atoms with E-state index >= 15 is 0 Å². The second kappa shape index (κ2) is 9.28. The van der Waals surface area contributed by atoms with E-state index < -0.39 is 21.5 Å². The fourth-order valence-electron chi connectivity index (χ4n) is 3.54. The van der Waals surface area contributed by atoms with Crippen LogP contribution >= 0.6 is 0 Å². The Labute approximate surface area is 184 Å². The van der Waals surface area contributed by atoms with Gasteiger partial charge in [-0.1, -0.05) is 6.07 Å². The molecule has 31 heavy (non-hydrogen) atoms. The van der Waals surface area contributed by atoms with Gasteiger partial charge in [0, 0.05) is 22.9 Å². The minimum atomic E-state index is -3.88. The maximum absolute atomic E-state index is 12.8. The zero-order valence-electron chi connectivity index (χ0n) is 18.4. The van der Waals surface area contributed by atoms with Crippen LogP contribution in [0, 0.1) is 0 Å². The first kappa shape index (κ1) is 23.1. The van der Waals surface area contributed by atoms with Crippen LogP contribution in [0.25, 0.3) is 0 Å². The average Bonchev–Trinajstić information content (AvgIpc) is 3.19. The summed E-state index contributed by atoms with van der Waals surface area (Å²) >= 11 is 0. The van der Waals surface area contributed by atoms with Crippen molar-refractivity contribution in [2.75, 3.05) is 12.4 Å². The number of hydrogen-bond donors (Lipinski definition) is 2. The van der Waals surface area contributed by atoms with E-state index in [0.717, 1.165) is 12.8 Å². The third-order valence-corrected chi connectivity index (χ3v) is 6.63. The maximum atomic E-state index is 12.8. The van der Waals surface area contributed by atoms with Crippen molar-refractivity contribution >= 4 is 21.6 Å². The van der Waals surface area contributed by atoms with Gasteiger partial charge < -0.3 is 14.8 Å². The summed E-state index contributed by atoms with van der Waals surface area (Å²) in [5.41, 5.74) is 0.104. The average molecular weight is 447 g/mol. The summed E-state index contributed by atoms with van der Waals surface area (Å²) in [4.78, 5) is 12.7. The van der Waals surface area contributed by atoms with Gasteiger partial charge in [0.25, 0.3) is 5.91 Å². The number of benzene rings is 2. The minimum absolute atomic E-state index is 0.0871. The smallest absolute Gasteiger partial charge is 0.255 e. The van der Waals surface area contributed by atoms with Gasteiger partial charge in [0.2, 0.25) is 10.0 Å². The summed E-state index contributed by atoms with van der Waals surface area (Å²) in [7, 11) is -2.49. The third kappa shape index (κ3) is 6.21. The summed E-state index contributed by atoms with van der Waals surface area (Å²) in [6.45, 7) is 5.23. The molecule has 2 N–H and O–H groups in total. The molecule has 0 unspecified atom stereocenters. The van der Waals surface area contributed by atoms with Crippen LogP contribution < -0.4 is 19.5 Å². The number of nitrogens with one attached hydrogen (secondary N) is 2. The first-order valence-electron chi connectivity index (χ1n) is 10.4. The van der Waals surface area contributed by atoms with Crippen molar-refractivity contribution in [3.05, 3.63) is 48.0 Å². The second-order valence-electron chi connectivity index (χ2n) is 8.73. The summed E-state index contributed by atoms with van der Waals surface area (Å²) in [6.07, 6.45) is 4.65. The zero-order chi connectivity index (χ0) is 22.6. The van der Waals surface area contributed by atoms with Crippen LogP contribution in [0.2, 0.25) is 0 Å². The van der Waals surface area contributed by atoms with Crippen LogP contribution in [0.15, 0.2) is 47.4 Å². The minimum Gasteiger partial charge on any atom is -0.495 e. The third-order valence-electron chi connectivity index (χ3n) is 4.85. The van der Waals surface area contributed by atoms with Gasteiger partial charge in [0.05, 0.1) is 13.2 Å². The molecule has 0 aliphatic heterocycles. The predicted molar refractivity (Wildman–Crippen MR) is 120 cm³/mol. The lowest BCUT2D eigenvalue weighted by Gasteiger charge is -2.21. The Morgan fingerprint density at radius 1 is 1.06 bits per heavy atom. The standard InChI is InChI=1S/C23H30N2O5S/c1-23(2,3)25-31(27,28)21-14-16(12-13-20(21)29-4)22(26)24-17-8-7-11-19(15-17)30-18-9-5-6-10-18/h7-8,11-15,18,25H,5-6,9-10H2,1-4H3,(H,24,26). The molecule has 0 atom stereocenters. The van der Waals surface area contributed by atoms with Gasteiger partial charge in [-0.3, -0.25) is 4.79 Å². The van der Waals surface area contributed by atoms with E-state index in [1.54, 1.807) is 32.9 Å². The van der Waals surface area contributed by atoms with E-state index in [1.165, 1.54) is 38.2 Å². The number of carbonyl (C=O) groups is 1. The first-order valence-corrected chi connectivity index (χ1v) is 11.9. The summed E-state index contributed by atoms with van der Waals surface area (Å²) in [5.74, 6) is 0.449. The van der Waals surface area contributed by atoms with Crippen molar-refractivity contribution in [2.24, 2.45) is 0 Å². The van der Waals surface area contributed by atoms with Crippen molar-refractivity contribution in [3.8, 4) is 11.5 Å². The first-order chi connectivity index (χ1) is 14.6. The molecule has 1 aliphatic rings. The number of anilines is 1. The molecule has 0 spiro atoms. The van der Waals surface area contributed by atoms with E-state index in [4.69, 9.17) is 9.47 Å². The zero-order valence-corrected chi connectivity index (χ0v) is 19.2. The van der Waals surface area contributed by atoms with Crippen LogP contribution in [-0.2, 0) is 10.0 Å². The fourth-order valence-corrected chi connectivity index (χ4v) is 5.15. The maximum Gasteiger partial charge on any atom is 0.255 e. The molecule has 1 aliphatic carbocycles. The van der Waals surface area contributed by atoms with Gasteiger partial charge >= 0.3 is 0 Å². The molecule has 0 saturated heterocycles. The topological polar surface area (TPSA) is 93.7 Å². The van der Waals surface area contributed by atoms with Crippen molar-refractivity contribution in [1.29, 1.82) is 0 Å². The molecule has 0 bridgehead atoms. The molecular weight excluding hydrogens is 416 g/mol. The molecule has 0 heterocycles. The number of methoxy groups -OCH3 is 1. The fraction of sp³-hybridized carbons (Fsp3) is 0.435. The van der Waals surface area contributed by atoms with Gasteiger partial charge in [-0.05, 0) is 76.8 Å². The van der Waals surface area contributed by atoms with Crippen LogP contribution in [0.5, 0.6) is 11.5 Å². The lowest BCUT2D eigenvalue weighted by Crippen LogP contribution is -2.40. The van der Waals surface area contributed by atoms with Crippen LogP contribution in [0.4, 0.5) is 5.69 Å². The van der Waals surface area contributed by atoms with Crippen LogP contribution in [-0.4, -0.2) is 33.1 Å². The summed E-state index contributed by atoms with van der Waals surface area (Å²) < 4.78 is 39.4. The van der Waals surface area contributed by atoms with Crippen LogP contribution in [0.3, 0.4) is 0 Å². The lowest BCUT2D eigenvalue weighted by molar-refractivity contribution is 0.102. The number of hydrogen-bond acceptors (Lipinski definition) is 5. The van der Waals surface area contributed by atoms with Gasteiger partial charge in [0.1, 0.15) is 16.4 Å². The Balaban J connectivity index is 1.80. The quantitative estimate of drug-likeness (QED) is 0.660. The molecule has 2 aromatic carbocycles.